The Kier molecular flexibility index (Phi) is 9.99. The fourth-order valence-corrected chi connectivity index (χ4v) is 2.70. The van der Waals surface area contributed by atoms with Crippen LogP contribution >= 0.6 is 24.0 Å². The Morgan fingerprint density at radius 2 is 2.05 bits per heavy atom. The van der Waals surface area contributed by atoms with Gasteiger partial charge in [-0.3, -0.25) is 14.7 Å². The van der Waals surface area contributed by atoms with Crippen LogP contribution in [0.1, 0.15) is 33.6 Å². The maximum atomic E-state index is 11.8. The summed E-state index contributed by atoms with van der Waals surface area (Å²) >= 11 is 0. The maximum Gasteiger partial charge on any atom is 0.227 e. The molecule has 6 nitrogen and oxygen atoms in total. The highest BCUT2D eigenvalue weighted by Gasteiger charge is 2.27. The van der Waals surface area contributed by atoms with E-state index in [1.807, 2.05) is 13.8 Å². The van der Waals surface area contributed by atoms with Crippen molar-refractivity contribution in [3.05, 3.63) is 0 Å². The van der Waals surface area contributed by atoms with Gasteiger partial charge in [0.1, 0.15) is 0 Å². The first-order valence-electron chi connectivity index (χ1n) is 7.85. The summed E-state index contributed by atoms with van der Waals surface area (Å²) in [6.07, 6.45) is 2.51. The van der Waals surface area contributed by atoms with Crippen LogP contribution in [0.25, 0.3) is 0 Å². The van der Waals surface area contributed by atoms with Gasteiger partial charge in [-0.05, 0) is 39.8 Å². The molecule has 0 aromatic heterocycles. The van der Waals surface area contributed by atoms with Gasteiger partial charge in [0.15, 0.2) is 5.96 Å². The minimum Gasteiger partial charge on any atom is -0.359 e. The third-order valence-electron chi connectivity index (χ3n) is 4.17. The van der Waals surface area contributed by atoms with Crippen molar-refractivity contribution in [1.29, 1.82) is 0 Å². The predicted octanol–water partition coefficient (Wildman–Crippen LogP) is 1.03. The van der Waals surface area contributed by atoms with E-state index in [1.54, 1.807) is 14.1 Å². The van der Waals surface area contributed by atoms with Crippen LogP contribution in [-0.2, 0) is 4.79 Å². The average Bonchev–Trinajstić information content (AvgIpc) is 2.93. The van der Waals surface area contributed by atoms with Crippen LogP contribution in [0.2, 0.25) is 0 Å². The third-order valence-corrected chi connectivity index (χ3v) is 4.17. The monoisotopic (exact) mass is 425 g/mol. The topological polar surface area (TPSA) is 68.8 Å². The summed E-state index contributed by atoms with van der Waals surface area (Å²) in [5.74, 6) is 0.785. The standard InChI is InChI=1S/C15H31N5O.HI/c1-6-20-9-7-8-12(20)10-18-14(17-5)19-11-15(2,3)13(21)16-4;/h12H,6-11H2,1-5H3,(H,16,21)(H2,17,18,19);1H. The molecule has 0 radical (unpaired) electrons. The van der Waals surface area contributed by atoms with E-state index in [4.69, 9.17) is 0 Å². The summed E-state index contributed by atoms with van der Waals surface area (Å²) in [4.78, 5) is 18.5. The predicted molar refractivity (Wildman–Crippen MR) is 103 cm³/mol. The molecule has 22 heavy (non-hydrogen) atoms. The lowest BCUT2D eigenvalue weighted by atomic mass is 9.92. The number of aliphatic imine (C=N–C) groups is 1. The zero-order valence-corrected chi connectivity index (χ0v) is 16.9. The molecule has 1 atom stereocenters. The van der Waals surface area contributed by atoms with Crippen molar-refractivity contribution in [3.8, 4) is 0 Å². The number of halogens is 1. The molecule has 0 aromatic carbocycles. The molecule has 7 heteroatoms. The first-order chi connectivity index (χ1) is 9.94. The quantitative estimate of drug-likeness (QED) is 0.338. The second-order valence-corrected chi connectivity index (χ2v) is 6.19. The molecule has 1 rings (SSSR count). The van der Waals surface area contributed by atoms with Gasteiger partial charge in [-0.15, -0.1) is 24.0 Å². The number of guanidine groups is 1. The fraction of sp³-hybridized carbons (Fsp3) is 0.867. The Hall–Kier alpha value is -0.570. The molecule has 0 aromatic rings. The normalized spacial score (nSPS) is 19.5. The van der Waals surface area contributed by atoms with Crippen LogP contribution in [0, 0.1) is 5.41 Å². The molecule has 130 valence electrons. The number of carbonyl (C=O) groups excluding carboxylic acids is 1. The molecule has 1 amide bonds. The second-order valence-electron chi connectivity index (χ2n) is 6.19. The zero-order chi connectivity index (χ0) is 15.9. The van der Waals surface area contributed by atoms with Crippen molar-refractivity contribution in [2.24, 2.45) is 10.4 Å². The van der Waals surface area contributed by atoms with E-state index in [2.05, 4.69) is 32.8 Å². The van der Waals surface area contributed by atoms with Gasteiger partial charge in [0.25, 0.3) is 0 Å². The highest BCUT2D eigenvalue weighted by Crippen LogP contribution is 2.15. The van der Waals surface area contributed by atoms with E-state index in [0.717, 1.165) is 19.0 Å². The van der Waals surface area contributed by atoms with Crippen molar-refractivity contribution < 1.29 is 4.79 Å². The molecule has 0 bridgehead atoms. The Bertz CT molecular complexity index is 373. The van der Waals surface area contributed by atoms with E-state index in [9.17, 15) is 4.79 Å². The van der Waals surface area contributed by atoms with Crippen LogP contribution in [0.15, 0.2) is 4.99 Å². The Labute approximate surface area is 151 Å². The van der Waals surface area contributed by atoms with Gasteiger partial charge in [-0.25, -0.2) is 0 Å². The third kappa shape index (κ3) is 6.28. The lowest BCUT2D eigenvalue weighted by Crippen LogP contribution is -2.49. The molecule has 0 aliphatic carbocycles. The lowest BCUT2D eigenvalue weighted by Gasteiger charge is -2.26. The first kappa shape index (κ1) is 21.4. The number of nitrogens with zero attached hydrogens (tertiary/aromatic N) is 2. The molecule has 0 spiro atoms. The number of amides is 1. The summed E-state index contributed by atoms with van der Waals surface area (Å²) in [5.41, 5.74) is -0.463. The highest BCUT2D eigenvalue weighted by molar-refractivity contribution is 14.0. The molecule has 1 fully saturated rings. The summed E-state index contributed by atoms with van der Waals surface area (Å²) in [7, 11) is 3.42. The molecule has 1 aliphatic heterocycles. The number of likely N-dealkylation sites (tertiary alicyclic amines) is 1. The van der Waals surface area contributed by atoms with Crippen LogP contribution < -0.4 is 16.0 Å². The van der Waals surface area contributed by atoms with E-state index in [0.29, 0.717) is 12.6 Å². The van der Waals surface area contributed by atoms with Gasteiger partial charge in [0, 0.05) is 33.2 Å². The molecule has 1 saturated heterocycles. The van der Waals surface area contributed by atoms with E-state index < -0.39 is 5.41 Å². The fourth-order valence-electron chi connectivity index (χ4n) is 2.70. The summed E-state index contributed by atoms with van der Waals surface area (Å²) in [5, 5.41) is 9.30. The van der Waals surface area contributed by atoms with E-state index in [1.165, 1.54) is 19.4 Å². The van der Waals surface area contributed by atoms with Gasteiger partial charge >= 0.3 is 0 Å². The second kappa shape index (κ2) is 10.3. The summed E-state index contributed by atoms with van der Waals surface area (Å²) < 4.78 is 0. The maximum absolute atomic E-state index is 11.8. The van der Waals surface area contributed by atoms with Gasteiger partial charge in [-0.2, -0.15) is 0 Å². The Morgan fingerprint density at radius 3 is 2.59 bits per heavy atom. The molecule has 1 heterocycles. The largest absolute Gasteiger partial charge is 0.359 e. The van der Waals surface area contributed by atoms with Crippen LogP contribution in [-0.4, -0.2) is 63.1 Å². The van der Waals surface area contributed by atoms with Crippen molar-refractivity contribution >= 4 is 35.8 Å². The van der Waals surface area contributed by atoms with Gasteiger partial charge in [0.05, 0.1) is 5.41 Å². The van der Waals surface area contributed by atoms with Gasteiger partial charge in [0.2, 0.25) is 5.91 Å². The minimum absolute atomic E-state index is 0. The number of hydrogen-bond acceptors (Lipinski definition) is 3. The van der Waals surface area contributed by atoms with Gasteiger partial charge < -0.3 is 16.0 Å². The molecule has 1 unspecified atom stereocenters. The number of carbonyl (C=O) groups is 1. The summed E-state index contributed by atoms with van der Waals surface area (Å²) in [6.45, 7) is 9.78. The number of rotatable bonds is 6. The number of nitrogens with one attached hydrogen (secondary N) is 3. The van der Waals surface area contributed by atoms with Crippen LogP contribution in [0.3, 0.4) is 0 Å². The Morgan fingerprint density at radius 1 is 1.36 bits per heavy atom. The number of hydrogen-bond donors (Lipinski definition) is 3. The Balaban J connectivity index is 0.00000441. The molecule has 0 saturated carbocycles. The highest BCUT2D eigenvalue weighted by atomic mass is 127. The zero-order valence-electron chi connectivity index (χ0n) is 14.5. The lowest BCUT2D eigenvalue weighted by molar-refractivity contribution is -0.128. The minimum atomic E-state index is -0.463. The molecular weight excluding hydrogens is 393 g/mol. The molecule has 1 aliphatic rings. The van der Waals surface area contributed by atoms with Crippen LogP contribution in [0.4, 0.5) is 0 Å². The van der Waals surface area contributed by atoms with Crippen molar-refractivity contribution in [3.63, 3.8) is 0 Å². The molecular formula is C15H32IN5O. The average molecular weight is 425 g/mol. The SMILES string of the molecule is CCN1CCCC1CNC(=NC)NCC(C)(C)C(=O)NC.I. The van der Waals surface area contributed by atoms with Crippen molar-refractivity contribution in [2.45, 2.75) is 39.7 Å². The molecule has 3 N–H and O–H groups in total. The van der Waals surface area contributed by atoms with E-state index >= 15 is 0 Å². The number of likely N-dealkylation sites (N-methyl/N-ethyl adjacent to an activating group) is 1. The van der Waals surface area contributed by atoms with Crippen molar-refractivity contribution in [2.75, 3.05) is 40.3 Å². The van der Waals surface area contributed by atoms with Crippen molar-refractivity contribution in [1.82, 2.24) is 20.9 Å². The van der Waals surface area contributed by atoms with E-state index in [-0.39, 0.29) is 29.9 Å². The van der Waals surface area contributed by atoms with Crippen LogP contribution in [0.5, 0.6) is 0 Å². The smallest absolute Gasteiger partial charge is 0.227 e. The van der Waals surface area contributed by atoms with Gasteiger partial charge in [-0.1, -0.05) is 6.92 Å². The summed E-state index contributed by atoms with van der Waals surface area (Å²) in [6, 6.07) is 0.584. The first-order valence-corrected chi connectivity index (χ1v) is 7.85.